The van der Waals surface area contributed by atoms with Gasteiger partial charge in [-0.1, -0.05) is 24.3 Å². The Hall–Kier alpha value is -3.47. The van der Waals surface area contributed by atoms with Crippen LogP contribution in [0.5, 0.6) is 0 Å². The van der Waals surface area contributed by atoms with Crippen molar-refractivity contribution < 1.29 is 14.3 Å². The van der Waals surface area contributed by atoms with Gasteiger partial charge in [0.05, 0.1) is 24.8 Å². The minimum absolute atomic E-state index is 0.0413. The third-order valence-electron chi connectivity index (χ3n) is 5.21. The molecule has 166 valence electrons. The van der Waals surface area contributed by atoms with E-state index in [1.54, 1.807) is 13.0 Å². The summed E-state index contributed by atoms with van der Waals surface area (Å²) in [5, 5.41) is 11.8. The van der Waals surface area contributed by atoms with Crippen LogP contribution < -0.4 is 5.32 Å². The summed E-state index contributed by atoms with van der Waals surface area (Å²) in [6.45, 7) is 6.78. The lowest BCUT2D eigenvalue weighted by molar-refractivity contribution is -0.137. The van der Waals surface area contributed by atoms with Gasteiger partial charge < -0.3 is 10.1 Å². The van der Waals surface area contributed by atoms with Crippen LogP contribution >= 0.6 is 0 Å². The first-order chi connectivity index (χ1) is 15.6. The van der Waals surface area contributed by atoms with E-state index in [2.05, 4.69) is 21.2 Å². The smallest absolute Gasteiger partial charge is 0.330 e. The number of ether oxygens (including phenoxy) is 1. The number of rotatable bonds is 8. The molecule has 0 aliphatic carbocycles. The van der Waals surface area contributed by atoms with Crippen LogP contribution in [0, 0.1) is 11.3 Å². The van der Waals surface area contributed by atoms with E-state index in [1.165, 1.54) is 11.6 Å². The number of hydrogen-bond donors (Lipinski definition) is 1. The maximum absolute atomic E-state index is 12.4. The molecule has 32 heavy (non-hydrogen) atoms. The zero-order chi connectivity index (χ0) is 22.8. The van der Waals surface area contributed by atoms with Crippen molar-refractivity contribution in [3.05, 3.63) is 71.3 Å². The van der Waals surface area contributed by atoms with E-state index in [1.807, 2.05) is 48.5 Å². The third-order valence-corrected chi connectivity index (χ3v) is 5.21. The Morgan fingerprint density at radius 3 is 2.31 bits per heavy atom. The first-order valence-electron chi connectivity index (χ1n) is 10.7. The Kier molecular flexibility index (Phi) is 8.55. The molecule has 3 rings (SSSR count). The second kappa shape index (κ2) is 11.8. The van der Waals surface area contributed by atoms with Crippen LogP contribution in [0.15, 0.2) is 54.6 Å². The number of nitrogens with zero attached hydrogens (tertiary/aromatic N) is 3. The number of hydrogen-bond acceptors (Lipinski definition) is 6. The number of carbonyl (C=O) groups excluding carboxylic acids is 2. The minimum Gasteiger partial charge on any atom is -0.463 e. The largest absolute Gasteiger partial charge is 0.463 e. The summed E-state index contributed by atoms with van der Waals surface area (Å²) in [4.78, 5) is 28.3. The van der Waals surface area contributed by atoms with Crippen molar-refractivity contribution >= 4 is 23.6 Å². The topological polar surface area (TPSA) is 85.7 Å². The number of benzene rings is 2. The summed E-state index contributed by atoms with van der Waals surface area (Å²) in [6.07, 6.45) is 3.07. The first-order valence-corrected chi connectivity index (χ1v) is 10.7. The molecule has 2 aromatic carbocycles. The summed E-state index contributed by atoms with van der Waals surface area (Å²) in [6, 6.07) is 17.1. The molecule has 0 atom stereocenters. The molecule has 0 spiro atoms. The monoisotopic (exact) mass is 432 g/mol. The highest BCUT2D eigenvalue weighted by Gasteiger charge is 2.19. The molecule has 1 N–H and O–H groups in total. The van der Waals surface area contributed by atoms with Gasteiger partial charge in [0, 0.05) is 44.5 Å². The Morgan fingerprint density at radius 2 is 1.69 bits per heavy atom. The second-order valence-corrected chi connectivity index (χ2v) is 7.62. The lowest BCUT2D eigenvalue weighted by Crippen LogP contribution is -2.48. The number of esters is 1. The van der Waals surface area contributed by atoms with Crippen molar-refractivity contribution in [3.8, 4) is 6.07 Å². The van der Waals surface area contributed by atoms with Gasteiger partial charge in [-0.05, 0) is 48.4 Å². The molecular formula is C25H28N4O3. The van der Waals surface area contributed by atoms with Gasteiger partial charge in [0.25, 0.3) is 0 Å². The predicted octanol–water partition coefficient (Wildman–Crippen LogP) is 2.89. The molecule has 7 nitrogen and oxygen atoms in total. The highest BCUT2D eigenvalue weighted by atomic mass is 16.5. The number of anilines is 1. The summed E-state index contributed by atoms with van der Waals surface area (Å²) >= 11 is 0. The van der Waals surface area contributed by atoms with Gasteiger partial charge in [-0.15, -0.1) is 0 Å². The molecule has 0 saturated carbocycles. The molecule has 1 aliphatic rings. The fourth-order valence-electron chi connectivity index (χ4n) is 3.48. The van der Waals surface area contributed by atoms with E-state index in [9.17, 15) is 9.59 Å². The number of nitriles is 1. The van der Waals surface area contributed by atoms with Crippen molar-refractivity contribution in [2.24, 2.45) is 0 Å². The Balaban J connectivity index is 1.40. The number of piperazine rings is 1. The van der Waals surface area contributed by atoms with Gasteiger partial charge in [0.15, 0.2) is 0 Å². The highest BCUT2D eigenvalue weighted by Crippen LogP contribution is 2.12. The molecule has 7 heteroatoms. The van der Waals surface area contributed by atoms with Gasteiger partial charge in [0.1, 0.15) is 0 Å². The normalized spacial score (nSPS) is 14.8. The van der Waals surface area contributed by atoms with E-state index >= 15 is 0 Å². The van der Waals surface area contributed by atoms with Gasteiger partial charge in [-0.25, -0.2) is 4.79 Å². The van der Waals surface area contributed by atoms with E-state index in [4.69, 9.17) is 10.00 Å². The quantitative estimate of drug-likeness (QED) is 0.510. The van der Waals surface area contributed by atoms with Crippen molar-refractivity contribution in [2.45, 2.75) is 13.5 Å². The zero-order valence-corrected chi connectivity index (χ0v) is 18.3. The van der Waals surface area contributed by atoms with Crippen LogP contribution in [0.1, 0.15) is 23.6 Å². The van der Waals surface area contributed by atoms with Gasteiger partial charge in [-0.3, -0.25) is 14.6 Å². The molecule has 0 unspecified atom stereocenters. The van der Waals surface area contributed by atoms with Gasteiger partial charge in [-0.2, -0.15) is 5.26 Å². The Bertz CT molecular complexity index is 970. The van der Waals surface area contributed by atoms with Crippen molar-refractivity contribution in [1.82, 2.24) is 9.80 Å². The van der Waals surface area contributed by atoms with Crippen LogP contribution in [0.3, 0.4) is 0 Å². The van der Waals surface area contributed by atoms with Crippen LogP contribution in [0.2, 0.25) is 0 Å². The summed E-state index contributed by atoms with van der Waals surface area (Å²) < 4.78 is 4.86. The summed E-state index contributed by atoms with van der Waals surface area (Å²) in [5.74, 6) is -0.415. The van der Waals surface area contributed by atoms with E-state index < -0.39 is 0 Å². The third kappa shape index (κ3) is 7.34. The lowest BCUT2D eigenvalue weighted by Gasteiger charge is -2.34. The molecule has 1 amide bonds. The van der Waals surface area contributed by atoms with Gasteiger partial charge >= 0.3 is 5.97 Å². The minimum atomic E-state index is -0.373. The zero-order valence-electron chi connectivity index (χ0n) is 18.3. The van der Waals surface area contributed by atoms with Crippen molar-refractivity contribution in [1.29, 1.82) is 5.26 Å². The molecule has 0 aromatic heterocycles. The fraction of sp³-hybridized carbons (Fsp3) is 0.320. The predicted molar refractivity (Wildman–Crippen MR) is 124 cm³/mol. The van der Waals surface area contributed by atoms with Crippen LogP contribution in [-0.2, 0) is 20.9 Å². The SMILES string of the molecule is CCOC(=O)/C=C/c1ccc(NC(=O)CN2CCN(Cc3ccc(C#N)cc3)CC2)cc1. The van der Waals surface area contributed by atoms with Crippen molar-refractivity contribution in [3.63, 3.8) is 0 Å². The average molecular weight is 433 g/mol. The number of nitrogens with one attached hydrogen (secondary N) is 1. The fourth-order valence-corrected chi connectivity index (χ4v) is 3.48. The van der Waals surface area contributed by atoms with E-state index in [-0.39, 0.29) is 11.9 Å². The Morgan fingerprint density at radius 1 is 1.03 bits per heavy atom. The molecule has 0 bridgehead atoms. The average Bonchev–Trinajstić information content (AvgIpc) is 2.80. The second-order valence-electron chi connectivity index (χ2n) is 7.62. The first kappa shape index (κ1) is 23.2. The van der Waals surface area contributed by atoms with Crippen LogP contribution in [0.4, 0.5) is 5.69 Å². The number of carbonyl (C=O) groups is 2. The maximum atomic E-state index is 12.4. The molecular weight excluding hydrogens is 404 g/mol. The summed E-state index contributed by atoms with van der Waals surface area (Å²) in [7, 11) is 0. The standard InChI is InChI=1S/C25H28N4O3/c1-2-32-25(31)12-9-20-7-10-23(11-8-20)27-24(30)19-29-15-13-28(14-16-29)18-22-5-3-21(17-26)4-6-22/h3-12H,2,13-16,18-19H2,1H3,(H,27,30)/b12-9+. The van der Waals surface area contributed by atoms with Gasteiger partial charge in [0.2, 0.25) is 5.91 Å². The van der Waals surface area contributed by atoms with Crippen LogP contribution in [-0.4, -0.2) is 61.0 Å². The maximum Gasteiger partial charge on any atom is 0.330 e. The van der Waals surface area contributed by atoms with E-state index in [0.29, 0.717) is 18.7 Å². The molecule has 1 fully saturated rings. The molecule has 1 aliphatic heterocycles. The molecule has 2 aromatic rings. The summed E-state index contributed by atoms with van der Waals surface area (Å²) in [5.41, 5.74) is 3.44. The van der Waals surface area contributed by atoms with Crippen LogP contribution in [0.25, 0.3) is 6.08 Å². The van der Waals surface area contributed by atoms with E-state index in [0.717, 1.165) is 44.0 Å². The highest BCUT2D eigenvalue weighted by molar-refractivity contribution is 5.92. The lowest BCUT2D eigenvalue weighted by atomic mass is 10.1. The number of amides is 1. The molecule has 1 saturated heterocycles. The molecule has 1 heterocycles. The van der Waals surface area contributed by atoms with Crippen molar-refractivity contribution in [2.75, 3.05) is 44.6 Å². The molecule has 0 radical (unpaired) electrons. The Labute approximate surface area is 188 Å².